The molecule has 0 aliphatic heterocycles. The normalized spacial score (nSPS) is 10.2. The lowest BCUT2D eigenvalue weighted by Gasteiger charge is -2.11. The number of carbonyl (C=O) groups is 1. The monoisotopic (exact) mass is 332 g/mol. The van der Waals surface area contributed by atoms with Crippen molar-refractivity contribution in [3.05, 3.63) is 58.1 Å². The third-order valence-corrected chi connectivity index (χ3v) is 3.54. The molecule has 0 atom stereocenters. The van der Waals surface area contributed by atoms with E-state index in [4.69, 9.17) is 0 Å². The molecule has 2 aromatic carbocycles. The number of para-hydroxylation sites is 1. The summed E-state index contributed by atoms with van der Waals surface area (Å²) in [6.07, 6.45) is 0. The molecule has 2 N–H and O–H groups in total. The molecule has 1 amide bonds. The van der Waals surface area contributed by atoms with E-state index in [0.717, 1.165) is 27.0 Å². The highest BCUT2D eigenvalue weighted by Gasteiger charge is 2.05. The lowest BCUT2D eigenvalue weighted by atomic mass is 10.2. The molecule has 0 saturated carbocycles. The van der Waals surface area contributed by atoms with Gasteiger partial charge in [-0.15, -0.1) is 0 Å². The largest absolute Gasteiger partial charge is 0.376 e. The number of carbonyl (C=O) groups excluding carboxylic acids is 1. The summed E-state index contributed by atoms with van der Waals surface area (Å²) in [7, 11) is 0. The first-order valence-electron chi connectivity index (χ1n) is 6.42. The summed E-state index contributed by atoms with van der Waals surface area (Å²) < 4.78 is 1.01. The smallest absolute Gasteiger partial charge is 0.243 e. The minimum absolute atomic E-state index is 0.0568. The molecular formula is C16H17BrN2O. The Hall–Kier alpha value is -1.81. The fourth-order valence-corrected chi connectivity index (χ4v) is 2.38. The van der Waals surface area contributed by atoms with Gasteiger partial charge in [0.1, 0.15) is 0 Å². The van der Waals surface area contributed by atoms with Crippen LogP contribution in [0.1, 0.15) is 11.1 Å². The number of nitrogens with one attached hydrogen (secondary N) is 2. The van der Waals surface area contributed by atoms with E-state index >= 15 is 0 Å². The molecule has 0 fully saturated rings. The Bertz CT molecular complexity index is 626. The van der Waals surface area contributed by atoms with Crippen molar-refractivity contribution >= 4 is 33.2 Å². The van der Waals surface area contributed by atoms with Crippen molar-refractivity contribution in [1.82, 2.24) is 0 Å². The van der Waals surface area contributed by atoms with E-state index < -0.39 is 0 Å². The molecular weight excluding hydrogens is 316 g/mol. The van der Waals surface area contributed by atoms with Gasteiger partial charge in [0, 0.05) is 15.8 Å². The summed E-state index contributed by atoms with van der Waals surface area (Å²) in [5.41, 5.74) is 3.98. The van der Waals surface area contributed by atoms with Crippen LogP contribution >= 0.6 is 15.9 Å². The third kappa shape index (κ3) is 3.84. The number of hydrogen-bond acceptors (Lipinski definition) is 2. The van der Waals surface area contributed by atoms with Crippen molar-refractivity contribution < 1.29 is 4.79 Å². The van der Waals surface area contributed by atoms with Gasteiger partial charge in [0.15, 0.2) is 0 Å². The van der Waals surface area contributed by atoms with Crippen LogP contribution in [0, 0.1) is 13.8 Å². The summed E-state index contributed by atoms with van der Waals surface area (Å²) >= 11 is 3.41. The fourth-order valence-electron chi connectivity index (χ4n) is 1.91. The maximum absolute atomic E-state index is 11.9. The van der Waals surface area contributed by atoms with E-state index in [-0.39, 0.29) is 12.5 Å². The standard InChI is InChI=1S/C16H17BrN2O/c1-11-5-3-4-6-14(11)18-10-16(20)19-15-8-7-13(17)9-12(15)2/h3-9,18H,10H2,1-2H3,(H,19,20). The van der Waals surface area contributed by atoms with Crippen LogP contribution in [0.2, 0.25) is 0 Å². The van der Waals surface area contributed by atoms with Crippen molar-refractivity contribution in [1.29, 1.82) is 0 Å². The van der Waals surface area contributed by atoms with Crippen molar-refractivity contribution in [2.24, 2.45) is 0 Å². The molecule has 3 nitrogen and oxygen atoms in total. The van der Waals surface area contributed by atoms with E-state index in [2.05, 4.69) is 26.6 Å². The number of halogens is 1. The van der Waals surface area contributed by atoms with Gasteiger partial charge in [0.25, 0.3) is 0 Å². The Morgan fingerprint density at radius 2 is 1.80 bits per heavy atom. The fraction of sp³-hybridized carbons (Fsp3) is 0.188. The zero-order chi connectivity index (χ0) is 14.5. The highest BCUT2D eigenvalue weighted by atomic mass is 79.9. The lowest BCUT2D eigenvalue weighted by Crippen LogP contribution is -2.22. The Kier molecular flexibility index (Phi) is 4.79. The van der Waals surface area contributed by atoms with E-state index in [9.17, 15) is 4.79 Å². The second-order valence-electron chi connectivity index (χ2n) is 4.68. The molecule has 20 heavy (non-hydrogen) atoms. The highest BCUT2D eigenvalue weighted by molar-refractivity contribution is 9.10. The summed E-state index contributed by atoms with van der Waals surface area (Å²) in [4.78, 5) is 11.9. The van der Waals surface area contributed by atoms with Crippen LogP contribution in [0.5, 0.6) is 0 Å². The maximum atomic E-state index is 11.9. The van der Waals surface area contributed by atoms with Crippen molar-refractivity contribution in [3.8, 4) is 0 Å². The first-order chi connectivity index (χ1) is 9.56. The summed E-state index contributed by atoms with van der Waals surface area (Å²) in [6.45, 7) is 4.23. The number of aryl methyl sites for hydroxylation is 2. The molecule has 0 unspecified atom stereocenters. The molecule has 2 rings (SSSR count). The minimum Gasteiger partial charge on any atom is -0.376 e. The molecule has 0 spiro atoms. The van der Waals surface area contributed by atoms with Gasteiger partial charge in [0.05, 0.1) is 6.54 Å². The molecule has 0 aliphatic carbocycles. The van der Waals surface area contributed by atoms with Crippen LogP contribution in [-0.4, -0.2) is 12.5 Å². The Morgan fingerprint density at radius 3 is 2.50 bits per heavy atom. The zero-order valence-electron chi connectivity index (χ0n) is 11.5. The second kappa shape index (κ2) is 6.57. The van der Waals surface area contributed by atoms with E-state index in [1.807, 2.05) is 56.3 Å². The number of rotatable bonds is 4. The van der Waals surface area contributed by atoms with Gasteiger partial charge < -0.3 is 10.6 Å². The average molecular weight is 333 g/mol. The van der Waals surface area contributed by atoms with Crippen LogP contribution in [-0.2, 0) is 4.79 Å². The Morgan fingerprint density at radius 1 is 1.05 bits per heavy atom. The average Bonchev–Trinajstić information content (AvgIpc) is 2.41. The molecule has 4 heteroatoms. The molecule has 2 aromatic rings. The van der Waals surface area contributed by atoms with Crippen LogP contribution in [0.25, 0.3) is 0 Å². The lowest BCUT2D eigenvalue weighted by molar-refractivity contribution is -0.114. The second-order valence-corrected chi connectivity index (χ2v) is 5.59. The number of benzene rings is 2. The predicted octanol–water partition coefficient (Wildman–Crippen LogP) is 4.12. The van der Waals surface area contributed by atoms with Gasteiger partial charge in [0.2, 0.25) is 5.91 Å². The van der Waals surface area contributed by atoms with Crippen molar-refractivity contribution in [2.75, 3.05) is 17.2 Å². The van der Waals surface area contributed by atoms with Gasteiger partial charge >= 0.3 is 0 Å². The SMILES string of the molecule is Cc1ccccc1NCC(=O)Nc1ccc(Br)cc1C. The topological polar surface area (TPSA) is 41.1 Å². The van der Waals surface area contributed by atoms with Crippen molar-refractivity contribution in [3.63, 3.8) is 0 Å². The Balaban J connectivity index is 1.94. The van der Waals surface area contributed by atoms with Crippen LogP contribution < -0.4 is 10.6 Å². The Labute approximate surface area is 127 Å². The van der Waals surface area contributed by atoms with Gasteiger partial charge in [-0.25, -0.2) is 0 Å². The maximum Gasteiger partial charge on any atom is 0.243 e. The molecule has 0 aromatic heterocycles. The van der Waals surface area contributed by atoms with E-state index in [1.54, 1.807) is 0 Å². The molecule has 0 aliphatic rings. The predicted molar refractivity (Wildman–Crippen MR) is 87.2 cm³/mol. The molecule has 0 bridgehead atoms. The molecule has 104 valence electrons. The molecule has 0 radical (unpaired) electrons. The quantitative estimate of drug-likeness (QED) is 0.884. The van der Waals surface area contributed by atoms with Gasteiger partial charge in [-0.1, -0.05) is 34.1 Å². The van der Waals surface area contributed by atoms with E-state index in [1.165, 1.54) is 0 Å². The third-order valence-electron chi connectivity index (χ3n) is 3.05. The molecule has 0 saturated heterocycles. The number of amides is 1. The van der Waals surface area contributed by atoms with Gasteiger partial charge in [-0.3, -0.25) is 4.79 Å². The van der Waals surface area contributed by atoms with Crippen LogP contribution in [0.3, 0.4) is 0 Å². The van der Waals surface area contributed by atoms with Crippen molar-refractivity contribution in [2.45, 2.75) is 13.8 Å². The molecule has 0 heterocycles. The highest BCUT2D eigenvalue weighted by Crippen LogP contribution is 2.20. The van der Waals surface area contributed by atoms with E-state index in [0.29, 0.717) is 0 Å². The van der Waals surface area contributed by atoms with Gasteiger partial charge in [-0.2, -0.15) is 0 Å². The number of hydrogen-bond donors (Lipinski definition) is 2. The van der Waals surface area contributed by atoms with Crippen LogP contribution in [0.4, 0.5) is 11.4 Å². The number of anilines is 2. The summed E-state index contributed by atoms with van der Waals surface area (Å²) in [5.74, 6) is -0.0568. The summed E-state index contributed by atoms with van der Waals surface area (Å²) in [6, 6.07) is 13.7. The summed E-state index contributed by atoms with van der Waals surface area (Å²) in [5, 5.41) is 6.05. The van der Waals surface area contributed by atoms with Crippen LogP contribution in [0.15, 0.2) is 46.9 Å². The minimum atomic E-state index is -0.0568. The first kappa shape index (κ1) is 14.6. The van der Waals surface area contributed by atoms with Gasteiger partial charge in [-0.05, 0) is 49.2 Å². The first-order valence-corrected chi connectivity index (χ1v) is 7.21. The zero-order valence-corrected chi connectivity index (χ0v) is 13.1.